The van der Waals surface area contributed by atoms with E-state index in [0.717, 1.165) is 12.5 Å². The van der Waals surface area contributed by atoms with Gasteiger partial charge >= 0.3 is 11.9 Å². The molecule has 0 fully saturated rings. The molecule has 0 aliphatic carbocycles. The maximum absolute atomic E-state index is 12.6. The van der Waals surface area contributed by atoms with E-state index in [1.54, 1.807) is 12.1 Å². The third kappa shape index (κ3) is 5.65. The van der Waals surface area contributed by atoms with E-state index in [0.29, 0.717) is 12.8 Å². The van der Waals surface area contributed by atoms with Crippen molar-refractivity contribution < 1.29 is 23.8 Å². The van der Waals surface area contributed by atoms with Crippen LogP contribution in [0.5, 0.6) is 0 Å². The number of carbonyl (C=O) groups excluding carboxylic acids is 2. The fourth-order valence-electron chi connectivity index (χ4n) is 1.23. The van der Waals surface area contributed by atoms with Crippen LogP contribution in [-0.4, -0.2) is 11.9 Å². The van der Waals surface area contributed by atoms with Gasteiger partial charge in [-0.15, -0.1) is 0 Å². The average molecular weight is 240 g/mol. The molecule has 0 amide bonds. The molecule has 0 saturated heterocycles. The van der Waals surface area contributed by atoms with Gasteiger partial charge < -0.3 is 0 Å². The minimum atomic E-state index is -0.670. The van der Waals surface area contributed by atoms with Crippen molar-refractivity contribution in [2.75, 3.05) is 0 Å². The third-order valence-electron chi connectivity index (χ3n) is 2.01. The van der Waals surface area contributed by atoms with E-state index in [2.05, 4.69) is 9.78 Å². The molecule has 1 aromatic rings. The van der Waals surface area contributed by atoms with Crippen LogP contribution in [0.2, 0.25) is 0 Å². The molecular formula is C12H13FO4. The molecule has 1 aromatic carbocycles. The van der Waals surface area contributed by atoms with E-state index < -0.39 is 11.9 Å². The molecule has 0 heterocycles. The van der Waals surface area contributed by atoms with Gasteiger partial charge in [0, 0.05) is 6.92 Å². The Balaban J connectivity index is 2.21. The molecule has 0 N–H and O–H groups in total. The van der Waals surface area contributed by atoms with Gasteiger partial charge in [-0.2, -0.15) is 0 Å². The lowest BCUT2D eigenvalue weighted by Gasteiger charge is -2.01. The molecule has 92 valence electrons. The molecule has 0 bridgehead atoms. The van der Waals surface area contributed by atoms with E-state index in [9.17, 15) is 14.0 Å². The Labute approximate surface area is 98.3 Å². The van der Waals surface area contributed by atoms with E-state index in [4.69, 9.17) is 0 Å². The Hall–Kier alpha value is -1.91. The smallest absolute Gasteiger partial charge is 0.248 e. The maximum atomic E-state index is 12.6. The first-order chi connectivity index (χ1) is 8.08. The lowest BCUT2D eigenvalue weighted by atomic mass is 10.1. The fourth-order valence-corrected chi connectivity index (χ4v) is 1.23. The summed E-state index contributed by atoms with van der Waals surface area (Å²) in [5, 5.41) is 0. The van der Waals surface area contributed by atoms with Crippen molar-refractivity contribution >= 4 is 11.9 Å². The fraction of sp³-hybridized carbons (Fsp3) is 0.333. The van der Waals surface area contributed by atoms with Crippen molar-refractivity contribution in [2.24, 2.45) is 0 Å². The first-order valence-electron chi connectivity index (χ1n) is 5.20. The van der Waals surface area contributed by atoms with Gasteiger partial charge in [0.1, 0.15) is 5.82 Å². The van der Waals surface area contributed by atoms with Gasteiger partial charge in [0.15, 0.2) is 0 Å². The highest BCUT2D eigenvalue weighted by atomic mass is 19.1. The second-order valence-corrected chi connectivity index (χ2v) is 3.51. The lowest BCUT2D eigenvalue weighted by Crippen LogP contribution is -2.08. The number of hydrogen-bond donors (Lipinski definition) is 0. The molecule has 0 saturated carbocycles. The summed E-state index contributed by atoms with van der Waals surface area (Å²) in [6.45, 7) is 1.14. The molecule has 0 aliphatic rings. The molecular weight excluding hydrogens is 227 g/mol. The molecule has 0 spiro atoms. The standard InChI is InChI=1S/C12H13FO4/c1-9(14)16-17-12(15)4-2-3-10-5-7-11(13)8-6-10/h5-8H,2-4H2,1H3. The minimum Gasteiger partial charge on any atom is -0.248 e. The molecule has 0 aromatic heterocycles. The largest absolute Gasteiger partial charge is 0.355 e. The van der Waals surface area contributed by atoms with E-state index >= 15 is 0 Å². The molecule has 0 radical (unpaired) electrons. The van der Waals surface area contributed by atoms with Crippen LogP contribution < -0.4 is 0 Å². The Morgan fingerprint density at radius 1 is 1.18 bits per heavy atom. The number of carbonyl (C=O) groups is 2. The van der Waals surface area contributed by atoms with Gasteiger partial charge in [-0.05, 0) is 30.5 Å². The van der Waals surface area contributed by atoms with Crippen molar-refractivity contribution in [1.82, 2.24) is 0 Å². The highest BCUT2D eigenvalue weighted by molar-refractivity contribution is 5.71. The van der Waals surface area contributed by atoms with E-state index in [1.165, 1.54) is 12.1 Å². The summed E-state index contributed by atoms with van der Waals surface area (Å²) in [4.78, 5) is 29.7. The second-order valence-electron chi connectivity index (χ2n) is 3.51. The Morgan fingerprint density at radius 3 is 2.41 bits per heavy atom. The zero-order chi connectivity index (χ0) is 12.7. The van der Waals surface area contributed by atoms with Gasteiger partial charge in [0.05, 0.1) is 6.42 Å². The summed E-state index contributed by atoms with van der Waals surface area (Å²) < 4.78 is 12.6. The first-order valence-corrected chi connectivity index (χ1v) is 5.20. The van der Waals surface area contributed by atoms with Crippen LogP contribution in [0.3, 0.4) is 0 Å². The zero-order valence-corrected chi connectivity index (χ0v) is 9.44. The monoisotopic (exact) mass is 240 g/mol. The molecule has 1 rings (SSSR count). The Kier molecular flexibility index (Phi) is 5.13. The third-order valence-corrected chi connectivity index (χ3v) is 2.01. The maximum Gasteiger partial charge on any atom is 0.355 e. The molecule has 17 heavy (non-hydrogen) atoms. The van der Waals surface area contributed by atoms with Gasteiger partial charge in [0.2, 0.25) is 0 Å². The van der Waals surface area contributed by atoms with Crippen molar-refractivity contribution in [3.63, 3.8) is 0 Å². The highest BCUT2D eigenvalue weighted by Gasteiger charge is 2.06. The number of hydrogen-bond acceptors (Lipinski definition) is 4. The van der Waals surface area contributed by atoms with Crippen LogP contribution in [0.15, 0.2) is 24.3 Å². The van der Waals surface area contributed by atoms with Crippen LogP contribution in [-0.2, 0) is 25.8 Å². The summed E-state index contributed by atoms with van der Waals surface area (Å²) in [5.74, 6) is -1.55. The van der Waals surface area contributed by atoms with Crippen molar-refractivity contribution in [2.45, 2.75) is 26.2 Å². The zero-order valence-electron chi connectivity index (χ0n) is 9.44. The normalized spacial score (nSPS) is 9.76. The van der Waals surface area contributed by atoms with E-state index in [-0.39, 0.29) is 12.2 Å². The summed E-state index contributed by atoms with van der Waals surface area (Å²) in [7, 11) is 0. The van der Waals surface area contributed by atoms with Crippen LogP contribution >= 0.6 is 0 Å². The van der Waals surface area contributed by atoms with Crippen LogP contribution in [0.25, 0.3) is 0 Å². The van der Waals surface area contributed by atoms with Gasteiger partial charge in [-0.25, -0.2) is 23.8 Å². The molecule has 0 atom stereocenters. The molecule has 0 aliphatic heterocycles. The predicted molar refractivity (Wildman–Crippen MR) is 57.2 cm³/mol. The Bertz CT molecular complexity index is 386. The number of halogens is 1. The first kappa shape index (κ1) is 13.2. The van der Waals surface area contributed by atoms with Crippen molar-refractivity contribution in [1.29, 1.82) is 0 Å². The second kappa shape index (κ2) is 6.62. The number of benzene rings is 1. The molecule has 5 heteroatoms. The van der Waals surface area contributed by atoms with Gasteiger partial charge in [0.25, 0.3) is 0 Å². The average Bonchev–Trinajstić information content (AvgIpc) is 2.29. The molecule has 0 unspecified atom stereocenters. The summed E-state index contributed by atoms with van der Waals surface area (Å²) in [5.41, 5.74) is 0.937. The highest BCUT2D eigenvalue weighted by Crippen LogP contribution is 2.07. The lowest BCUT2D eigenvalue weighted by molar-refractivity contribution is -0.257. The minimum absolute atomic E-state index is 0.144. The molecule has 4 nitrogen and oxygen atoms in total. The summed E-state index contributed by atoms with van der Waals surface area (Å²) >= 11 is 0. The Morgan fingerprint density at radius 2 is 1.82 bits per heavy atom. The van der Waals surface area contributed by atoms with Crippen molar-refractivity contribution in [3.8, 4) is 0 Å². The topological polar surface area (TPSA) is 52.6 Å². The summed E-state index contributed by atoms with van der Waals surface area (Å²) in [6.07, 6.45) is 1.33. The van der Waals surface area contributed by atoms with Gasteiger partial charge in [-0.1, -0.05) is 12.1 Å². The summed E-state index contributed by atoms with van der Waals surface area (Å²) in [6, 6.07) is 6.05. The van der Waals surface area contributed by atoms with Gasteiger partial charge in [-0.3, -0.25) is 0 Å². The van der Waals surface area contributed by atoms with E-state index in [1.807, 2.05) is 0 Å². The number of rotatable bonds is 4. The predicted octanol–water partition coefficient (Wildman–Crippen LogP) is 2.17. The number of aryl methyl sites for hydroxylation is 1. The SMILES string of the molecule is CC(=O)OOC(=O)CCCc1ccc(F)cc1. The quantitative estimate of drug-likeness (QED) is 0.597. The van der Waals surface area contributed by atoms with Crippen LogP contribution in [0.1, 0.15) is 25.3 Å². The van der Waals surface area contributed by atoms with Crippen LogP contribution in [0, 0.1) is 5.82 Å². The van der Waals surface area contributed by atoms with Crippen LogP contribution in [0.4, 0.5) is 4.39 Å². The van der Waals surface area contributed by atoms with Crippen molar-refractivity contribution in [3.05, 3.63) is 35.6 Å².